The molecule has 2 fully saturated rings. The number of nitrogens with zero attached hydrogens (tertiary/aromatic N) is 1. The van der Waals surface area contributed by atoms with Crippen LogP contribution in [0, 0.1) is 0 Å². The minimum atomic E-state index is -0.514. The van der Waals surface area contributed by atoms with Crippen molar-refractivity contribution in [2.75, 3.05) is 26.2 Å². The summed E-state index contributed by atoms with van der Waals surface area (Å²) in [5, 5.41) is 10.5. The monoisotopic (exact) mass is 275 g/mol. The lowest BCUT2D eigenvalue weighted by Gasteiger charge is -2.34. The smallest absolute Gasteiger partial charge is 0.106 e. The van der Waals surface area contributed by atoms with Gasteiger partial charge in [-0.05, 0) is 36.4 Å². The van der Waals surface area contributed by atoms with Crippen molar-refractivity contribution in [1.82, 2.24) is 4.90 Å². The molecule has 0 amide bonds. The van der Waals surface area contributed by atoms with Crippen LogP contribution >= 0.6 is 0 Å². The number of aliphatic hydroxyl groups excluding tert-OH is 1. The number of hydrogen-bond acceptors (Lipinski definition) is 3. The maximum Gasteiger partial charge on any atom is 0.106 e. The van der Waals surface area contributed by atoms with Crippen molar-refractivity contribution in [2.45, 2.75) is 44.3 Å². The average Bonchev–Trinajstić information content (AvgIpc) is 2.45. The Balaban J connectivity index is 1.65. The van der Waals surface area contributed by atoms with Gasteiger partial charge in [-0.15, -0.1) is 0 Å². The molecule has 1 N–H and O–H groups in total. The highest BCUT2D eigenvalue weighted by atomic mass is 16.5. The van der Waals surface area contributed by atoms with Crippen LogP contribution in [0.4, 0.5) is 0 Å². The maximum atomic E-state index is 10.5. The highest BCUT2D eigenvalue weighted by Crippen LogP contribution is 2.36. The molecule has 1 aliphatic carbocycles. The Morgan fingerprint density at radius 3 is 2.65 bits per heavy atom. The van der Waals surface area contributed by atoms with Crippen molar-refractivity contribution in [3.8, 4) is 0 Å². The highest BCUT2D eigenvalue weighted by Gasteiger charge is 2.27. The first-order valence-electron chi connectivity index (χ1n) is 7.90. The Bertz CT molecular complexity index is 427. The molecule has 0 radical (unpaired) electrons. The number of morpholine rings is 1. The Hall–Kier alpha value is -0.900. The van der Waals surface area contributed by atoms with Crippen LogP contribution in [-0.2, 0) is 4.74 Å². The molecule has 2 aliphatic rings. The summed E-state index contributed by atoms with van der Waals surface area (Å²) < 4.78 is 5.74. The number of likely N-dealkylation sites (N-methyl/N-ethyl adjacent to an activating group) is 1. The lowest BCUT2D eigenvalue weighted by molar-refractivity contribution is -0.0888. The first-order valence-corrected chi connectivity index (χ1v) is 7.90. The number of aliphatic hydroxyl groups is 1. The standard InChI is InChI=1S/C17H25NO2/c1-2-18-10-11-20-16(12-18)17(19)15-8-6-14(7-9-15)13-4-3-5-13/h6-9,13,16-17,19H,2-5,10-12H2,1H3. The van der Waals surface area contributed by atoms with E-state index in [1.807, 2.05) is 0 Å². The van der Waals surface area contributed by atoms with Gasteiger partial charge in [0.25, 0.3) is 0 Å². The summed E-state index contributed by atoms with van der Waals surface area (Å²) in [4.78, 5) is 2.33. The molecule has 1 heterocycles. The van der Waals surface area contributed by atoms with Crippen molar-refractivity contribution in [2.24, 2.45) is 0 Å². The van der Waals surface area contributed by atoms with E-state index in [-0.39, 0.29) is 6.10 Å². The maximum absolute atomic E-state index is 10.5. The zero-order chi connectivity index (χ0) is 13.9. The van der Waals surface area contributed by atoms with Gasteiger partial charge < -0.3 is 9.84 Å². The molecule has 1 aromatic carbocycles. The summed E-state index contributed by atoms with van der Waals surface area (Å²) in [5.41, 5.74) is 2.41. The molecule has 1 saturated heterocycles. The zero-order valence-corrected chi connectivity index (χ0v) is 12.3. The van der Waals surface area contributed by atoms with Gasteiger partial charge in [-0.3, -0.25) is 4.90 Å². The van der Waals surface area contributed by atoms with Crippen molar-refractivity contribution in [3.63, 3.8) is 0 Å². The van der Waals surface area contributed by atoms with Gasteiger partial charge in [0, 0.05) is 13.1 Å². The molecule has 3 rings (SSSR count). The Morgan fingerprint density at radius 1 is 1.30 bits per heavy atom. The molecular formula is C17H25NO2. The molecule has 2 unspecified atom stereocenters. The van der Waals surface area contributed by atoms with Crippen LogP contribution in [0.25, 0.3) is 0 Å². The molecule has 1 aromatic rings. The molecule has 3 nitrogen and oxygen atoms in total. The van der Waals surface area contributed by atoms with Crippen LogP contribution in [-0.4, -0.2) is 42.4 Å². The third-order valence-corrected chi connectivity index (χ3v) is 4.83. The van der Waals surface area contributed by atoms with Gasteiger partial charge in [-0.1, -0.05) is 37.6 Å². The third-order valence-electron chi connectivity index (χ3n) is 4.83. The minimum absolute atomic E-state index is 0.0988. The van der Waals surface area contributed by atoms with E-state index >= 15 is 0 Å². The fraction of sp³-hybridized carbons (Fsp3) is 0.647. The summed E-state index contributed by atoms with van der Waals surface area (Å²) in [6.45, 7) is 5.69. The quantitative estimate of drug-likeness (QED) is 0.917. The predicted molar refractivity (Wildman–Crippen MR) is 79.8 cm³/mol. The molecule has 110 valence electrons. The van der Waals surface area contributed by atoms with E-state index in [9.17, 15) is 5.11 Å². The first-order chi connectivity index (χ1) is 9.78. The van der Waals surface area contributed by atoms with Crippen LogP contribution in [0.3, 0.4) is 0 Å². The van der Waals surface area contributed by atoms with E-state index in [1.54, 1.807) is 0 Å². The Kier molecular flexibility index (Phi) is 4.39. The molecule has 3 heteroatoms. The van der Waals surface area contributed by atoms with Crippen molar-refractivity contribution in [3.05, 3.63) is 35.4 Å². The van der Waals surface area contributed by atoms with Crippen molar-refractivity contribution >= 4 is 0 Å². The average molecular weight is 275 g/mol. The first kappa shape index (κ1) is 14.1. The molecule has 0 spiro atoms. The number of ether oxygens (including phenoxy) is 1. The van der Waals surface area contributed by atoms with Crippen LogP contribution in [0.5, 0.6) is 0 Å². The second kappa shape index (κ2) is 6.25. The lowest BCUT2D eigenvalue weighted by Crippen LogP contribution is -2.44. The largest absolute Gasteiger partial charge is 0.386 e. The van der Waals surface area contributed by atoms with Gasteiger partial charge in [0.2, 0.25) is 0 Å². The molecular weight excluding hydrogens is 250 g/mol. The molecule has 1 aliphatic heterocycles. The highest BCUT2D eigenvalue weighted by molar-refractivity contribution is 5.28. The van der Waals surface area contributed by atoms with Gasteiger partial charge in [0.15, 0.2) is 0 Å². The fourth-order valence-corrected chi connectivity index (χ4v) is 3.13. The van der Waals surface area contributed by atoms with Gasteiger partial charge in [0.1, 0.15) is 12.2 Å². The number of rotatable bonds is 4. The van der Waals surface area contributed by atoms with Gasteiger partial charge >= 0.3 is 0 Å². The summed E-state index contributed by atoms with van der Waals surface area (Å²) in [6.07, 6.45) is 3.38. The van der Waals surface area contributed by atoms with Gasteiger partial charge in [-0.2, -0.15) is 0 Å². The van der Waals surface area contributed by atoms with Crippen LogP contribution in [0.1, 0.15) is 49.3 Å². The van der Waals surface area contributed by atoms with E-state index < -0.39 is 6.10 Å². The summed E-state index contributed by atoms with van der Waals surface area (Å²) in [6, 6.07) is 8.52. The van der Waals surface area contributed by atoms with Crippen molar-refractivity contribution < 1.29 is 9.84 Å². The second-order valence-corrected chi connectivity index (χ2v) is 6.04. The molecule has 0 aromatic heterocycles. The zero-order valence-electron chi connectivity index (χ0n) is 12.3. The Morgan fingerprint density at radius 2 is 2.05 bits per heavy atom. The summed E-state index contributed by atoms with van der Waals surface area (Å²) in [5.74, 6) is 0.753. The van der Waals surface area contributed by atoms with E-state index in [0.29, 0.717) is 0 Å². The second-order valence-electron chi connectivity index (χ2n) is 6.04. The van der Waals surface area contributed by atoms with E-state index in [0.717, 1.165) is 37.7 Å². The van der Waals surface area contributed by atoms with Crippen LogP contribution < -0.4 is 0 Å². The molecule has 1 saturated carbocycles. The summed E-state index contributed by atoms with van der Waals surface area (Å²) in [7, 11) is 0. The van der Waals surface area contributed by atoms with Crippen LogP contribution in [0.15, 0.2) is 24.3 Å². The van der Waals surface area contributed by atoms with E-state index in [4.69, 9.17) is 4.74 Å². The normalized spacial score (nSPS) is 26.2. The molecule has 2 atom stereocenters. The van der Waals surface area contributed by atoms with Gasteiger partial charge in [-0.25, -0.2) is 0 Å². The van der Waals surface area contributed by atoms with E-state index in [2.05, 4.69) is 36.1 Å². The fourth-order valence-electron chi connectivity index (χ4n) is 3.13. The van der Waals surface area contributed by atoms with Crippen LogP contribution in [0.2, 0.25) is 0 Å². The van der Waals surface area contributed by atoms with Gasteiger partial charge in [0.05, 0.1) is 6.61 Å². The lowest BCUT2D eigenvalue weighted by atomic mass is 9.80. The summed E-state index contributed by atoms with van der Waals surface area (Å²) >= 11 is 0. The minimum Gasteiger partial charge on any atom is -0.386 e. The number of benzene rings is 1. The Labute approximate surface area is 121 Å². The topological polar surface area (TPSA) is 32.7 Å². The molecule has 0 bridgehead atoms. The number of hydrogen-bond donors (Lipinski definition) is 1. The third kappa shape index (κ3) is 2.90. The molecule has 20 heavy (non-hydrogen) atoms. The van der Waals surface area contributed by atoms with E-state index in [1.165, 1.54) is 24.8 Å². The SMILES string of the molecule is CCN1CCOC(C(O)c2ccc(C3CCC3)cc2)C1. The predicted octanol–water partition coefficient (Wildman–Crippen LogP) is 2.71. The van der Waals surface area contributed by atoms with Crippen molar-refractivity contribution in [1.29, 1.82) is 0 Å².